The smallest absolute Gasteiger partial charge is 0.320 e. The topological polar surface area (TPSA) is 98.0 Å². The highest BCUT2D eigenvalue weighted by Gasteiger charge is 2.31. The average Bonchev–Trinajstić information content (AvgIpc) is 3.42. The van der Waals surface area contributed by atoms with Gasteiger partial charge >= 0.3 is 5.88 Å². The van der Waals surface area contributed by atoms with E-state index in [-0.39, 0.29) is 17.5 Å². The normalized spacial score (nSPS) is 15.5. The van der Waals surface area contributed by atoms with E-state index in [2.05, 4.69) is 41.2 Å². The number of anilines is 1. The van der Waals surface area contributed by atoms with Crippen molar-refractivity contribution in [3.63, 3.8) is 0 Å². The van der Waals surface area contributed by atoms with Crippen molar-refractivity contribution in [3.8, 4) is 0 Å². The van der Waals surface area contributed by atoms with Crippen molar-refractivity contribution in [2.45, 2.75) is 33.2 Å². The number of carbonyl (C=O) groups excluding carboxylic acids is 1. The number of hydrogen-bond acceptors (Lipinski definition) is 7. The van der Waals surface area contributed by atoms with Gasteiger partial charge in [0.25, 0.3) is 12.1 Å². The highest BCUT2D eigenvalue weighted by molar-refractivity contribution is 8.14. The number of rotatable bonds is 7. The van der Waals surface area contributed by atoms with Crippen molar-refractivity contribution >= 4 is 46.4 Å². The zero-order valence-electron chi connectivity index (χ0n) is 19.2. The lowest BCUT2D eigenvalue weighted by molar-refractivity contribution is -0.759. The van der Waals surface area contributed by atoms with E-state index in [1.807, 2.05) is 49.4 Å². The molecule has 0 bridgehead atoms. The molecule has 0 radical (unpaired) electrons. The van der Waals surface area contributed by atoms with Crippen LogP contribution in [-0.4, -0.2) is 28.0 Å². The summed E-state index contributed by atoms with van der Waals surface area (Å²) in [6.45, 7) is 6.79. The van der Waals surface area contributed by atoms with Crippen LogP contribution in [0.2, 0.25) is 0 Å². The lowest BCUT2D eigenvalue weighted by Crippen LogP contribution is -2.32. The van der Waals surface area contributed by atoms with Crippen LogP contribution in [0.15, 0.2) is 81.0 Å². The number of aliphatic imine (C=N–C) groups is 2. The maximum Gasteiger partial charge on any atom is 0.320 e. The van der Waals surface area contributed by atoms with E-state index >= 15 is 0 Å². The van der Waals surface area contributed by atoms with Gasteiger partial charge in [-0.25, -0.2) is 9.98 Å². The third kappa shape index (κ3) is 5.43. The van der Waals surface area contributed by atoms with Crippen LogP contribution in [0.25, 0.3) is 6.08 Å². The van der Waals surface area contributed by atoms with Gasteiger partial charge < -0.3 is 5.11 Å². The molecule has 2 heterocycles. The number of nitrogens with zero attached hydrogens (tertiary/aromatic N) is 5. The fourth-order valence-electron chi connectivity index (χ4n) is 3.28. The van der Waals surface area contributed by atoms with E-state index in [0.29, 0.717) is 29.0 Å². The van der Waals surface area contributed by atoms with Gasteiger partial charge in [-0.3, -0.25) is 14.2 Å². The molecule has 0 unspecified atom stereocenters. The summed E-state index contributed by atoms with van der Waals surface area (Å²) in [5, 5.41) is 16.6. The molecule has 9 heteroatoms. The van der Waals surface area contributed by atoms with Crippen molar-refractivity contribution in [2.24, 2.45) is 9.98 Å². The lowest BCUT2D eigenvalue weighted by atomic mass is 10.0. The Labute approximate surface area is 202 Å². The number of thioether (sulfide) groups is 1. The minimum Gasteiger partial charge on any atom is -0.861 e. The second kappa shape index (κ2) is 10.5. The first kappa shape index (κ1) is 23.4. The highest BCUT2D eigenvalue weighted by atomic mass is 32.2. The molecule has 2 aromatic carbocycles. The van der Waals surface area contributed by atoms with Crippen LogP contribution in [0.3, 0.4) is 0 Å². The molecular weight excluding hydrogens is 450 g/mol. The molecule has 0 saturated heterocycles. The lowest BCUT2D eigenvalue weighted by Gasteiger charge is -2.18. The fraction of sp³-hybridized carbons (Fsp3) is 0.240. The molecule has 174 valence electrons. The van der Waals surface area contributed by atoms with Crippen LogP contribution >= 0.6 is 11.8 Å². The summed E-state index contributed by atoms with van der Waals surface area (Å²) in [4.78, 5) is 23.3. The molecule has 1 amide bonds. The van der Waals surface area contributed by atoms with Gasteiger partial charge in [0.15, 0.2) is 11.7 Å². The predicted octanol–water partition coefficient (Wildman–Crippen LogP) is 3.67. The third-order valence-electron chi connectivity index (χ3n) is 5.13. The molecule has 0 saturated carbocycles. The number of amides is 1. The Hall–Kier alpha value is -3.72. The molecule has 0 aliphatic carbocycles. The maximum atomic E-state index is 13.3. The van der Waals surface area contributed by atoms with E-state index in [9.17, 15) is 9.90 Å². The van der Waals surface area contributed by atoms with E-state index in [4.69, 9.17) is 4.52 Å². The van der Waals surface area contributed by atoms with Crippen molar-refractivity contribution in [2.75, 3.05) is 10.7 Å². The van der Waals surface area contributed by atoms with Crippen LogP contribution < -0.4 is 14.7 Å². The molecule has 0 spiro atoms. The first-order valence-electron chi connectivity index (χ1n) is 11.0. The third-order valence-corrected chi connectivity index (χ3v) is 6.06. The van der Waals surface area contributed by atoms with Gasteiger partial charge in [0.2, 0.25) is 5.27 Å². The first-order chi connectivity index (χ1) is 16.4. The predicted molar refractivity (Wildman–Crippen MR) is 132 cm³/mol. The van der Waals surface area contributed by atoms with Gasteiger partial charge in [-0.1, -0.05) is 72.8 Å². The van der Waals surface area contributed by atoms with Gasteiger partial charge in [-0.15, -0.1) is 0 Å². The Morgan fingerprint density at radius 2 is 1.94 bits per heavy atom. The molecule has 0 N–H and O–H groups in total. The Morgan fingerprint density at radius 3 is 2.59 bits per heavy atom. The maximum absolute atomic E-state index is 13.3. The second-order valence-electron chi connectivity index (χ2n) is 7.91. The summed E-state index contributed by atoms with van der Waals surface area (Å²) in [5.41, 5.74) is 3.11. The highest BCUT2D eigenvalue weighted by Crippen LogP contribution is 2.29. The number of carbonyl (C=O) groups is 1. The molecule has 1 aromatic heterocycles. The van der Waals surface area contributed by atoms with Crippen molar-refractivity contribution in [1.29, 1.82) is 0 Å². The van der Waals surface area contributed by atoms with Gasteiger partial charge in [0.05, 0.1) is 5.69 Å². The Morgan fingerprint density at radius 1 is 1.21 bits per heavy atom. The molecule has 8 nitrogen and oxygen atoms in total. The Kier molecular flexibility index (Phi) is 7.22. The molecule has 34 heavy (non-hydrogen) atoms. The van der Waals surface area contributed by atoms with Gasteiger partial charge in [0, 0.05) is 5.75 Å². The fourth-order valence-corrected chi connectivity index (χ4v) is 4.08. The number of aromatic nitrogens is 2. The quantitative estimate of drug-likeness (QED) is 0.225. The number of amidine groups is 1. The number of aryl methyl sites for hydroxylation is 1. The van der Waals surface area contributed by atoms with Crippen LogP contribution in [0.1, 0.15) is 37.8 Å². The summed E-state index contributed by atoms with van der Waals surface area (Å²) < 4.78 is 6.57. The zero-order valence-corrected chi connectivity index (χ0v) is 20.0. The molecule has 1 aliphatic rings. The Bertz CT molecular complexity index is 1250. The van der Waals surface area contributed by atoms with Crippen LogP contribution in [0, 0.1) is 0 Å². The minimum atomic E-state index is -0.408. The second-order valence-corrected chi connectivity index (χ2v) is 8.85. The monoisotopic (exact) mass is 475 g/mol. The minimum absolute atomic E-state index is 0.00135. The van der Waals surface area contributed by atoms with Crippen LogP contribution in [0.4, 0.5) is 11.6 Å². The average molecular weight is 476 g/mol. The Balaban J connectivity index is 1.58. The summed E-state index contributed by atoms with van der Waals surface area (Å²) in [7, 11) is 0. The van der Waals surface area contributed by atoms with E-state index < -0.39 is 5.90 Å². The molecule has 0 atom stereocenters. The van der Waals surface area contributed by atoms with Gasteiger partial charge in [-0.05, 0) is 48.1 Å². The number of hydrogen-bond donors (Lipinski definition) is 0. The van der Waals surface area contributed by atoms with Crippen molar-refractivity contribution in [3.05, 3.63) is 77.6 Å². The zero-order chi connectivity index (χ0) is 24.1. The summed E-state index contributed by atoms with van der Waals surface area (Å²) in [5.74, 6) is -0.0863. The molecule has 0 fully saturated rings. The van der Waals surface area contributed by atoms with E-state index in [1.165, 1.54) is 10.5 Å². The van der Waals surface area contributed by atoms with Crippen LogP contribution in [0.5, 0.6) is 0 Å². The molecular formula is C25H25N5O3S. The molecule has 3 aromatic rings. The molecule has 4 rings (SSSR count). The number of benzene rings is 2. The first-order valence-corrected chi connectivity index (χ1v) is 12.0. The summed E-state index contributed by atoms with van der Waals surface area (Å²) >= 11 is 1.15. The SMILES string of the molecule is CC[n+]1cc(/N=C(/[O-])CSC2=N/C(=C/c3ccc(C(C)C)cc3)C(=O)N2c2ccccc2)on1. The van der Waals surface area contributed by atoms with Crippen LogP contribution in [-0.2, 0) is 11.3 Å². The number of para-hydroxylation sites is 1. The van der Waals surface area contributed by atoms with Gasteiger partial charge in [-0.2, -0.15) is 0 Å². The summed E-state index contributed by atoms with van der Waals surface area (Å²) in [6, 6.07) is 17.3. The van der Waals surface area contributed by atoms with E-state index in [1.54, 1.807) is 17.0 Å². The summed E-state index contributed by atoms with van der Waals surface area (Å²) in [6.07, 6.45) is 3.32. The van der Waals surface area contributed by atoms with Gasteiger partial charge in [0.1, 0.15) is 5.70 Å². The molecule has 1 aliphatic heterocycles. The van der Waals surface area contributed by atoms with Crippen molar-refractivity contribution < 1.29 is 19.1 Å². The standard InChI is InChI=1S/C25H25N5O3S/c1-4-29-15-23(33-28-29)27-22(31)16-34-25-26-21(14-18-10-12-19(13-11-18)17(2)3)24(32)30(25)20-8-6-5-7-9-20/h5-15,17H,4,16H2,1-3H3/b21-14+. The van der Waals surface area contributed by atoms with Crippen molar-refractivity contribution in [1.82, 2.24) is 5.27 Å². The largest absolute Gasteiger partial charge is 0.861 e. The van der Waals surface area contributed by atoms with E-state index in [0.717, 1.165) is 17.3 Å².